The third-order valence-corrected chi connectivity index (χ3v) is 11.5. The van der Waals surface area contributed by atoms with Gasteiger partial charge in [-0.25, -0.2) is 15.0 Å². The number of nitriles is 1. The Morgan fingerprint density at radius 2 is 1.11 bits per heavy atom. The fourth-order valence-corrected chi connectivity index (χ4v) is 9.73. The number of rotatable bonds is 4. The SMILES string of the molecule is CC1(C)c2cc(C#N)ccc2-c2ccc(-c3nc(-c4ccccc4)nc(-c4ccc(C56CC7CC(CC(C7)C5)C6)cc4)n3)cc21. The van der Waals surface area contributed by atoms with Crippen molar-refractivity contribution in [3.63, 3.8) is 0 Å². The topological polar surface area (TPSA) is 62.5 Å². The van der Waals surface area contributed by atoms with Gasteiger partial charge in [-0.2, -0.15) is 5.26 Å². The second kappa shape index (κ2) is 9.69. The Balaban J connectivity index is 1.12. The first-order chi connectivity index (χ1) is 21.9. The summed E-state index contributed by atoms with van der Waals surface area (Å²) in [4.78, 5) is 15.2. The normalized spacial score (nSPS) is 25.0. The van der Waals surface area contributed by atoms with Gasteiger partial charge >= 0.3 is 0 Å². The molecule has 4 heteroatoms. The first-order valence-electron chi connectivity index (χ1n) is 16.5. The van der Waals surface area contributed by atoms with Gasteiger partial charge in [-0.3, -0.25) is 0 Å². The maximum Gasteiger partial charge on any atom is 0.164 e. The minimum Gasteiger partial charge on any atom is -0.208 e. The Morgan fingerprint density at radius 3 is 1.71 bits per heavy atom. The van der Waals surface area contributed by atoms with E-state index in [1.807, 2.05) is 30.3 Å². The second-order valence-corrected chi connectivity index (χ2v) is 14.7. The molecule has 4 nitrogen and oxygen atoms in total. The van der Waals surface area contributed by atoms with Crippen molar-refractivity contribution in [3.05, 3.63) is 113 Å². The average Bonchev–Trinajstić information content (AvgIpc) is 3.29. The van der Waals surface area contributed by atoms with Crippen LogP contribution in [0.1, 0.15) is 74.6 Å². The van der Waals surface area contributed by atoms with Crippen LogP contribution in [-0.4, -0.2) is 15.0 Å². The number of nitrogens with zero attached hydrogens (tertiary/aromatic N) is 4. The molecule has 0 amide bonds. The number of aromatic nitrogens is 3. The van der Waals surface area contributed by atoms with E-state index in [9.17, 15) is 5.26 Å². The molecule has 45 heavy (non-hydrogen) atoms. The summed E-state index contributed by atoms with van der Waals surface area (Å²) in [5.74, 6) is 4.84. The van der Waals surface area contributed by atoms with Crippen LogP contribution in [0.2, 0.25) is 0 Å². The highest BCUT2D eigenvalue weighted by molar-refractivity contribution is 5.83. The van der Waals surface area contributed by atoms with Crippen molar-refractivity contribution in [3.8, 4) is 51.4 Å². The van der Waals surface area contributed by atoms with Crippen LogP contribution in [0.15, 0.2) is 91.0 Å². The molecule has 0 radical (unpaired) electrons. The van der Waals surface area contributed by atoms with E-state index in [0.29, 0.717) is 28.5 Å². The first-order valence-corrected chi connectivity index (χ1v) is 16.5. The van der Waals surface area contributed by atoms with Crippen molar-refractivity contribution in [1.29, 1.82) is 5.26 Å². The lowest BCUT2D eigenvalue weighted by molar-refractivity contribution is -0.00518. The summed E-state index contributed by atoms with van der Waals surface area (Å²) in [5, 5.41) is 9.55. The molecule has 5 aliphatic rings. The highest BCUT2D eigenvalue weighted by Gasteiger charge is 2.51. The molecule has 220 valence electrons. The van der Waals surface area contributed by atoms with Crippen molar-refractivity contribution >= 4 is 0 Å². The molecule has 1 aromatic heterocycles. The summed E-state index contributed by atoms with van der Waals surface area (Å²) in [7, 11) is 0. The summed E-state index contributed by atoms with van der Waals surface area (Å²) in [6, 6.07) is 34.4. The van der Waals surface area contributed by atoms with Crippen LogP contribution in [0.4, 0.5) is 0 Å². The predicted molar refractivity (Wildman–Crippen MR) is 178 cm³/mol. The van der Waals surface area contributed by atoms with Crippen molar-refractivity contribution < 1.29 is 0 Å². The van der Waals surface area contributed by atoms with E-state index in [4.69, 9.17) is 15.0 Å². The molecule has 0 spiro atoms. The highest BCUT2D eigenvalue weighted by atomic mass is 15.0. The summed E-state index contributed by atoms with van der Waals surface area (Å²) in [6.45, 7) is 4.48. The van der Waals surface area contributed by atoms with Crippen molar-refractivity contribution in [1.82, 2.24) is 15.0 Å². The van der Waals surface area contributed by atoms with E-state index >= 15 is 0 Å². The molecule has 10 rings (SSSR count). The van der Waals surface area contributed by atoms with Crippen LogP contribution in [0.25, 0.3) is 45.3 Å². The lowest BCUT2D eigenvalue weighted by atomic mass is 9.48. The largest absolute Gasteiger partial charge is 0.208 e. The fourth-order valence-electron chi connectivity index (χ4n) is 9.73. The van der Waals surface area contributed by atoms with Crippen molar-refractivity contribution in [2.24, 2.45) is 17.8 Å². The van der Waals surface area contributed by atoms with Crippen LogP contribution in [0.5, 0.6) is 0 Å². The van der Waals surface area contributed by atoms with Gasteiger partial charge in [-0.15, -0.1) is 0 Å². The summed E-state index contributed by atoms with van der Waals surface area (Å²) < 4.78 is 0. The molecular weight excluding hydrogens is 548 g/mol. The third kappa shape index (κ3) is 4.21. The van der Waals surface area contributed by atoms with E-state index in [-0.39, 0.29) is 5.41 Å². The Bertz CT molecular complexity index is 1980. The number of hydrogen-bond acceptors (Lipinski definition) is 4. The number of hydrogen-bond donors (Lipinski definition) is 0. The molecular formula is C41H36N4. The molecule has 0 aliphatic heterocycles. The summed E-state index contributed by atoms with van der Waals surface area (Å²) >= 11 is 0. The van der Waals surface area contributed by atoms with E-state index < -0.39 is 0 Å². The zero-order chi connectivity index (χ0) is 30.3. The average molecular weight is 585 g/mol. The van der Waals surface area contributed by atoms with Crippen molar-refractivity contribution in [2.75, 3.05) is 0 Å². The van der Waals surface area contributed by atoms with Gasteiger partial charge in [-0.05, 0) is 108 Å². The van der Waals surface area contributed by atoms with Crippen LogP contribution in [-0.2, 0) is 10.8 Å². The van der Waals surface area contributed by atoms with Gasteiger partial charge in [0.05, 0.1) is 11.6 Å². The van der Waals surface area contributed by atoms with Gasteiger partial charge in [0.15, 0.2) is 17.5 Å². The van der Waals surface area contributed by atoms with Gasteiger partial charge in [0.25, 0.3) is 0 Å². The van der Waals surface area contributed by atoms with Crippen LogP contribution in [0, 0.1) is 29.1 Å². The molecule has 4 bridgehead atoms. The molecule has 0 unspecified atom stereocenters. The van der Waals surface area contributed by atoms with Gasteiger partial charge in [0, 0.05) is 22.1 Å². The standard InChI is InChI=1S/C41H36N4/c1-40(2)35-19-25(24-42)8-14-33(35)34-15-11-31(20-36(34)40)39-44-37(29-6-4-3-5-7-29)43-38(45-39)30-9-12-32(13-10-30)41-21-26-16-27(22-41)18-28(17-26)23-41/h3-15,19-20,26-28H,16-18,21-23H2,1-2H3. The lowest BCUT2D eigenvalue weighted by Gasteiger charge is -2.57. The molecule has 4 saturated carbocycles. The van der Waals surface area contributed by atoms with Gasteiger partial charge in [-0.1, -0.05) is 86.6 Å². The van der Waals surface area contributed by atoms with Gasteiger partial charge in [0.1, 0.15) is 0 Å². The van der Waals surface area contributed by atoms with Crippen molar-refractivity contribution in [2.45, 2.75) is 63.2 Å². The lowest BCUT2D eigenvalue weighted by Crippen LogP contribution is -2.48. The van der Waals surface area contributed by atoms with Crippen LogP contribution >= 0.6 is 0 Å². The zero-order valence-corrected chi connectivity index (χ0v) is 25.9. The highest BCUT2D eigenvalue weighted by Crippen LogP contribution is 2.60. The van der Waals surface area contributed by atoms with E-state index in [1.165, 1.54) is 66.3 Å². The van der Waals surface area contributed by atoms with Crippen LogP contribution in [0.3, 0.4) is 0 Å². The molecule has 5 aromatic rings. The van der Waals surface area contributed by atoms with E-state index in [0.717, 1.165) is 34.4 Å². The molecule has 4 aromatic carbocycles. The molecule has 0 saturated heterocycles. The summed E-state index contributed by atoms with van der Waals surface area (Å²) in [6.07, 6.45) is 8.47. The monoisotopic (exact) mass is 584 g/mol. The Hall–Kier alpha value is -4.62. The van der Waals surface area contributed by atoms with Crippen LogP contribution < -0.4 is 0 Å². The minimum atomic E-state index is -0.237. The van der Waals surface area contributed by atoms with E-state index in [2.05, 4.69) is 80.6 Å². The summed E-state index contributed by atoms with van der Waals surface area (Å²) in [5.41, 5.74) is 10.1. The Morgan fingerprint density at radius 1 is 0.600 bits per heavy atom. The second-order valence-electron chi connectivity index (χ2n) is 14.7. The van der Waals surface area contributed by atoms with Gasteiger partial charge < -0.3 is 0 Å². The number of fused-ring (bicyclic) bond motifs is 3. The van der Waals surface area contributed by atoms with E-state index in [1.54, 1.807) is 0 Å². The maximum atomic E-state index is 9.55. The fraction of sp³-hybridized carbons (Fsp3) is 0.317. The Kier molecular flexibility index (Phi) is 5.76. The maximum absolute atomic E-state index is 9.55. The molecule has 0 atom stereocenters. The predicted octanol–water partition coefficient (Wildman–Crippen LogP) is 9.52. The molecule has 4 fully saturated rings. The minimum absolute atomic E-state index is 0.237. The molecule has 5 aliphatic carbocycles. The molecule has 1 heterocycles. The Labute approximate surface area is 265 Å². The molecule has 0 N–H and O–H groups in total. The van der Waals surface area contributed by atoms with Gasteiger partial charge in [0.2, 0.25) is 0 Å². The first kappa shape index (κ1) is 26.8. The quantitative estimate of drug-likeness (QED) is 0.211. The third-order valence-electron chi connectivity index (χ3n) is 11.5. The smallest absolute Gasteiger partial charge is 0.164 e. The number of benzene rings is 4. The zero-order valence-electron chi connectivity index (χ0n) is 25.9.